The number of carbonyl (C=O) groups excluding carboxylic acids is 1. The summed E-state index contributed by atoms with van der Waals surface area (Å²) in [6, 6.07) is 10.2. The van der Waals surface area contributed by atoms with Crippen molar-refractivity contribution >= 4 is 40.4 Å². The highest BCUT2D eigenvalue weighted by molar-refractivity contribution is 6.34. The van der Waals surface area contributed by atoms with E-state index in [1.165, 1.54) is 0 Å². The van der Waals surface area contributed by atoms with Crippen LogP contribution in [-0.4, -0.2) is 58.7 Å². The largest absolute Gasteiger partial charge is 0.445 e. The van der Waals surface area contributed by atoms with Gasteiger partial charge in [0.15, 0.2) is 5.58 Å². The average molecular weight is 480 g/mol. The number of aromatic amines is 1. The van der Waals surface area contributed by atoms with Gasteiger partial charge in [0.25, 0.3) is 0 Å². The van der Waals surface area contributed by atoms with Crippen LogP contribution in [0.2, 0.25) is 10.0 Å². The number of piperazine rings is 1. The van der Waals surface area contributed by atoms with Crippen LogP contribution in [-0.2, 0) is 11.3 Å². The number of benzene rings is 2. The van der Waals surface area contributed by atoms with Gasteiger partial charge < -0.3 is 19.2 Å². The summed E-state index contributed by atoms with van der Waals surface area (Å²) in [5, 5.41) is 11.5. The van der Waals surface area contributed by atoms with E-state index < -0.39 is 11.9 Å². The Morgan fingerprint density at radius 3 is 2.56 bits per heavy atom. The number of H-pyrrole nitrogens is 1. The number of hydrogen-bond donors (Lipinski definition) is 2. The fourth-order valence-corrected chi connectivity index (χ4v) is 4.30. The van der Waals surface area contributed by atoms with E-state index in [0.717, 1.165) is 5.56 Å². The van der Waals surface area contributed by atoms with Gasteiger partial charge in [-0.15, -0.1) is 0 Å². The van der Waals surface area contributed by atoms with Gasteiger partial charge in [-0.05, 0) is 47.9 Å². The van der Waals surface area contributed by atoms with Crippen LogP contribution < -0.4 is 5.76 Å². The zero-order valence-corrected chi connectivity index (χ0v) is 18.7. The summed E-state index contributed by atoms with van der Waals surface area (Å²) in [4.78, 5) is 30.1. The molecule has 1 amide bonds. The summed E-state index contributed by atoms with van der Waals surface area (Å²) < 4.78 is 10.4. The molecule has 32 heavy (non-hydrogen) atoms. The minimum absolute atomic E-state index is 0.108. The van der Waals surface area contributed by atoms with Gasteiger partial charge in [0, 0.05) is 42.8 Å². The van der Waals surface area contributed by atoms with Crippen LogP contribution >= 0.6 is 23.2 Å². The minimum Gasteiger partial charge on any atom is -0.445 e. The number of ether oxygens (including phenoxy) is 1. The van der Waals surface area contributed by atoms with Crippen LogP contribution in [0.1, 0.15) is 23.7 Å². The van der Waals surface area contributed by atoms with Crippen molar-refractivity contribution in [1.82, 2.24) is 14.8 Å². The monoisotopic (exact) mass is 479 g/mol. The van der Waals surface area contributed by atoms with Crippen LogP contribution in [0.3, 0.4) is 0 Å². The molecule has 8 nitrogen and oxygen atoms in total. The van der Waals surface area contributed by atoms with Crippen molar-refractivity contribution in [3.05, 3.63) is 68.1 Å². The van der Waals surface area contributed by atoms with Gasteiger partial charge in [0.05, 0.1) is 11.6 Å². The first kappa shape index (κ1) is 22.7. The molecule has 2 heterocycles. The third-order valence-corrected chi connectivity index (χ3v) is 5.90. The number of aliphatic hydroxyl groups excluding tert-OH is 1. The van der Waals surface area contributed by atoms with Gasteiger partial charge in [-0.3, -0.25) is 9.88 Å². The summed E-state index contributed by atoms with van der Waals surface area (Å²) in [7, 11) is 0. The molecule has 1 aliphatic rings. The molecular weight excluding hydrogens is 457 g/mol. The number of fused-ring (bicyclic) bond motifs is 1. The molecule has 1 aliphatic heterocycles. The van der Waals surface area contributed by atoms with E-state index in [2.05, 4.69) is 9.88 Å². The van der Waals surface area contributed by atoms with Crippen LogP contribution in [0.5, 0.6) is 0 Å². The molecule has 0 spiro atoms. The molecular formula is C22H23Cl2N3O5. The molecule has 170 valence electrons. The number of aliphatic hydroxyl groups is 1. The molecule has 0 aliphatic carbocycles. The van der Waals surface area contributed by atoms with E-state index in [1.807, 2.05) is 0 Å². The fourth-order valence-electron chi connectivity index (χ4n) is 3.73. The Bertz CT molecular complexity index is 1130. The van der Waals surface area contributed by atoms with Crippen molar-refractivity contribution < 1.29 is 19.1 Å². The first-order chi connectivity index (χ1) is 15.4. The van der Waals surface area contributed by atoms with Gasteiger partial charge in [-0.1, -0.05) is 29.3 Å². The average Bonchev–Trinajstić information content (AvgIpc) is 3.14. The number of halogens is 2. The second-order valence-electron chi connectivity index (χ2n) is 7.74. The van der Waals surface area contributed by atoms with Crippen molar-refractivity contribution in [2.45, 2.75) is 19.1 Å². The Morgan fingerprint density at radius 1 is 1.12 bits per heavy atom. The topological polar surface area (TPSA) is 99.0 Å². The predicted molar refractivity (Wildman–Crippen MR) is 121 cm³/mol. The summed E-state index contributed by atoms with van der Waals surface area (Å²) in [6.45, 7) is 3.27. The van der Waals surface area contributed by atoms with E-state index in [0.29, 0.717) is 65.9 Å². The third kappa shape index (κ3) is 5.63. The molecule has 3 aromatic rings. The number of aromatic nitrogens is 1. The van der Waals surface area contributed by atoms with E-state index >= 15 is 0 Å². The highest BCUT2D eigenvalue weighted by atomic mass is 35.5. The predicted octanol–water partition coefficient (Wildman–Crippen LogP) is 3.81. The number of rotatable bonds is 6. The van der Waals surface area contributed by atoms with E-state index in [1.54, 1.807) is 41.3 Å². The molecule has 2 aromatic carbocycles. The number of oxazole rings is 1. The molecule has 1 aromatic heterocycles. The highest BCUT2D eigenvalue weighted by Crippen LogP contribution is 2.22. The van der Waals surface area contributed by atoms with E-state index in [-0.39, 0.29) is 12.7 Å². The van der Waals surface area contributed by atoms with Crippen molar-refractivity contribution in [3.8, 4) is 0 Å². The van der Waals surface area contributed by atoms with Gasteiger partial charge in [-0.2, -0.15) is 0 Å². The number of nitrogens with zero attached hydrogens (tertiary/aromatic N) is 2. The lowest BCUT2D eigenvalue weighted by Crippen LogP contribution is -2.49. The van der Waals surface area contributed by atoms with Crippen molar-refractivity contribution in [1.29, 1.82) is 0 Å². The molecule has 0 saturated carbocycles. The molecule has 10 heteroatoms. The van der Waals surface area contributed by atoms with E-state index in [4.69, 9.17) is 32.4 Å². The van der Waals surface area contributed by atoms with E-state index in [9.17, 15) is 14.7 Å². The lowest BCUT2D eigenvalue weighted by atomic mass is 10.1. The molecule has 1 fully saturated rings. The molecule has 1 atom stereocenters. The second-order valence-corrected chi connectivity index (χ2v) is 8.61. The lowest BCUT2D eigenvalue weighted by molar-refractivity contribution is 0.0659. The summed E-state index contributed by atoms with van der Waals surface area (Å²) in [5.41, 5.74) is 2.47. The first-order valence-electron chi connectivity index (χ1n) is 10.3. The zero-order chi connectivity index (χ0) is 22.7. The molecule has 0 radical (unpaired) electrons. The Labute approximate surface area is 194 Å². The molecule has 1 saturated heterocycles. The van der Waals surface area contributed by atoms with Crippen molar-refractivity contribution in [2.75, 3.05) is 32.7 Å². The van der Waals surface area contributed by atoms with Gasteiger partial charge in [-0.25, -0.2) is 9.59 Å². The minimum atomic E-state index is -0.674. The smallest absolute Gasteiger partial charge is 0.417 e. The Kier molecular flexibility index (Phi) is 7.05. The lowest BCUT2D eigenvalue weighted by Gasteiger charge is -2.34. The summed E-state index contributed by atoms with van der Waals surface area (Å²) >= 11 is 11.9. The summed E-state index contributed by atoms with van der Waals surface area (Å²) in [6.07, 6.45) is -0.519. The Morgan fingerprint density at radius 2 is 1.84 bits per heavy atom. The number of amides is 1. The number of nitrogens with one attached hydrogen (secondary N) is 1. The first-order valence-corrected chi connectivity index (χ1v) is 11.0. The highest BCUT2D eigenvalue weighted by Gasteiger charge is 2.23. The second kappa shape index (κ2) is 9.95. The number of hydrogen-bond acceptors (Lipinski definition) is 6. The third-order valence-electron chi connectivity index (χ3n) is 5.46. The Hall–Kier alpha value is -2.52. The van der Waals surface area contributed by atoms with Gasteiger partial charge in [0.2, 0.25) is 0 Å². The maximum absolute atomic E-state index is 12.4. The van der Waals surface area contributed by atoms with Crippen LogP contribution in [0.25, 0.3) is 11.1 Å². The molecule has 2 N–H and O–H groups in total. The van der Waals surface area contributed by atoms with Crippen molar-refractivity contribution in [3.63, 3.8) is 0 Å². The molecule has 0 bridgehead atoms. The van der Waals surface area contributed by atoms with Gasteiger partial charge >= 0.3 is 11.8 Å². The quantitative estimate of drug-likeness (QED) is 0.557. The molecule has 0 unspecified atom stereocenters. The van der Waals surface area contributed by atoms with Crippen molar-refractivity contribution in [2.24, 2.45) is 0 Å². The SMILES string of the molecule is O=C(OCc1cc(Cl)cc(Cl)c1)N1CCN(CC[C@@H](O)c2ccc3[nH]c(=O)oc3c2)CC1. The fraction of sp³-hybridized carbons (Fsp3) is 0.364. The maximum atomic E-state index is 12.4. The van der Waals surface area contributed by atoms with Crippen LogP contribution in [0, 0.1) is 0 Å². The summed E-state index contributed by atoms with van der Waals surface area (Å²) in [5.74, 6) is -0.514. The number of carbonyl (C=O) groups is 1. The normalized spacial score (nSPS) is 15.8. The maximum Gasteiger partial charge on any atom is 0.417 e. The van der Waals surface area contributed by atoms with Crippen LogP contribution in [0.15, 0.2) is 45.6 Å². The molecule has 4 rings (SSSR count). The Balaban J connectivity index is 1.21. The zero-order valence-electron chi connectivity index (χ0n) is 17.2. The van der Waals surface area contributed by atoms with Gasteiger partial charge in [0.1, 0.15) is 6.61 Å². The standard InChI is InChI=1S/C22H23Cl2N3O5/c23-16-9-14(10-17(24)12-16)13-31-22(30)27-7-5-26(6-8-27)4-3-19(28)15-1-2-18-20(11-15)32-21(29)25-18/h1-2,9-12,19,28H,3-8,13H2,(H,25,29)/t19-/m1/s1. The van der Waals surface area contributed by atoms with Crippen LogP contribution in [0.4, 0.5) is 4.79 Å².